The maximum absolute atomic E-state index is 5.89. The van der Waals surface area contributed by atoms with Crippen molar-refractivity contribution < 1.29 is 9.47 Å². The van der Waals surface area contributed by atoms with Gasteiger partial charge in [-0.15, -0.1) is 0 Å². The molecule has 0 heterocycles. The fourth-order valence-electron chi connectivity index (χ4n) is 2.71. The van der Waals surface area contributed by atoms with E-state index in [0.29, 0.717) is 19.3 Å². The smallest absolute Gasteiger partial charge is 0.122 e. The highest BCUT2D eigenvalue weighted by Gasteiger charge is 2.21. The van der Waals surface area contributed by atoms with Crippen LogP contribution < -0.4 is 10.1 Å². The summed E-state index contributed by atoms with van der Waals surface area (Å²) in [5.41, 5.74) is 2.78. The Hall–Kier alpha value is -1.06. The molecule has 0 saturated heterocycles. The summed E-state index contributed by atoms with van der Waals surface area (Å²) in [4.78, 5) is 0. The van der Waals surface area contributed by atoms with E-state index in [1.165, 1.54) is 24.0 Å². The zero-order valence-electron chi connectivity index (χ0n) is 12.1. The van der Waals surface area contributed by atoms with Gasteiger partial charge >= 0.3 is 0 Å². The molecule has 3 heteroatoms. The second kappa shape index (κ2) is 7.51. The Labute approximate surface area is 116 Å². The molecule has 1 aliphatic carbocycles. The number of hydrogen-bond donors (Lipinski definition) is 1. The molecule has 0 aliphatic heterocycles. The third-order valence-corrected chi connectivity index (χ3v) is 3.65. The largest absolute Gasteiger partial charge is 0.491 e. The highest BCUT2D eigenvalue weighted by atomic mass is 16.5. The molecule has 3 nitrogen and oxygen atoms in total. The first kappa shape index (κ1) is 14.4. The van der Waals surface area contributed by atoms with E-state index >= 15 is 0 Å². The number of ether oxygens (including phenoxy) is 2. The first-order valence-corrected chi connectivity index (χ1v) is 7.36. The van der Waals surface area contributed by atoms with E-state index in [1.807, 2.05) is 7.05 Å². The van der Waals surface area contributed by atoms with E-state index in [2.05, 4.69) is 30.4 Å². The van der Waals surface area contributed by atoms with Gasteiger partial charge in [-0.2, -0.15) is 0 Å². The van der Waals surface area contributed by atoms with E-state index in [0.717, 1.165) is 25.2 Å². The third kappa shape index (κ3) is 3.71. The van der Waals surface area contributed by atoms with Crippen LogP contribution in [0.15, 0.2) is 18.2 Å². The second-order valence-electron chi connectivity index (χ2n) is 5.02. The summed E-state index contributed by atoms with van der Waals surface area (Å²) in [6, 6.07) is 6.87. The lowest BCUT2D eigenvalue weighted by Gasteiger charge is -2.26. The minimum absolute atomic E-state index is 0.476. The van der Waals surface area contributed by atoms with Crippen LogP contribution in [0.2, 0.25) is 0 Å². The fourth-order valence-corrected chi connectivity index (χ4v) is 2.71. The lowest BCUT2D eigenvalue weighted by Crippen LogP contribution is -2.22. The van der Waals surface area contributed by atoms with Crippen LogP contribution in [-0.2, 0) is 11.2 Å². The maximum Gasteiger partial charge on any atom is 0.122 e. The Kier molecular flexibility index (Phi) is 5.67. The topological polar surface area (TPSA) is 30.5 Å². The van der Waals surface area contributed by atoms with Gasteiger partial charge in [0.2, 0.25) is 0 Å². The minimum Gasteiger partial charge on any atom is -0.491 e. The van der Waals surface area contributed by atoms with Crippen molar-refractivity contribution in [2.45, 2.75) is 38.6 Å². The maximum atomic E-state index is 5.89. The van der Waals surface area contributed by atoms with Crippen molar-refractivity contribution in [3.8, 4) is 5.75 Å². The van der Waals surface area contributed by atoms with Crippen LogP contribution in [0.4, 0.5) is 0 Å². The molecule has 0 radical (unpaired) electrons. The van der Waals surface area contributed by atoms with Crippen LogP contribution in [0, 0.1) is 0 Å². The molecule has 1 atom stereocenters. The molecule has 0 saturated carbocycles. The monoisotopic (exact) mass is 263 g/mol. The number of nitrogens with one attached hydrogen (secondary N) is 1. The predicted octanol–water partition coefficient (Wildman–Crippen LogP) is 3.09. The molecule has 1 aliphatic rings. The Morgan fingerprint density at radius 3 is 2.95 bits per heavy atom. The molecule has 0 fully saturated rings. The summed E-state index contributed by atoms with van der Waals surface area (Å²) in [5, 5.41) is 3.39. The van der Waals surface area contributed by atoms with Crippen molar-refractivity contribution in [1.29, 1.82) is 0 Å². The Morgan fingerprint density at radius 1 is 1.26 bits per heavy atom. The van der Waals surface area contributed by atoms with Gasteiger partial charge in [0.1, 0.15) is 12.4 Å². The van der Waals surface area contributed by atoms with Crippen LogP contribution in [0.1, 0.15) is 43.4 Å². The van der Waals surface area contributed by atoms with Gasteiger partial charge in [0, 0.05) is 12.6 Å². The summed E-state index contributed by atoms with van der Waals surface area (Å²) >= 11 is 0. The molecular formula is C16H25NO2. The molecule has 1 aromatic carbocycles. The van der Waals surface area contributed by atoms with Crippen LogP contribution in [0.25, 0.3) is 0 Å². The lowest BCUT2D eigenvalue weighted by atomic mass is 9.87. The quantitative estimate of drug-likeness (QED) is 0.767. The van der Waals surface area contributed by atoms with Gasteiger partial charge in [-0.05, 0) is 49.9 Å². The van der Waals surface area contributed by atoms with E-state index in [9.17, 15) is 0 Å². The number of fused-ring (bicyclic) bond motifs is 1. The second-order valence-corrected chi connectivity index (χ2v) is 5.02. The van der Waals surface area contributed by atoms with Gasteiger partial charge in [0.25, 0.3) is 0 Å². The fraction of sp³-hybridized carbons (Fsp3) is 0.625. The third-order valence-electron chi connectivity index (χ3n) is 3.65. The van der Waals surface area contributed by atoms with E-state index < -0.39 is 0 Å². The Bertz CT molecular complexity index is 392. The van der Waals surface area contributed by atoms with Crippen molar-refractivity contribution >= 4 is 0 Å². The summed E-state index contributed by atoms with van der Waals surface area (Å²) in [6.07, 6.45) is 4.63. The molecule has 106 valence electrons. The standard InChI is InChI=1S/C16H25NO2/c1-3-10-18-11-12-19-16-9-5-6-13-14(16)7-4-8-15(13)17-2/h5-6,9,15,17H,3-4,7-8,10-12H2,1-2H3. The molecule has 1 unspecified atom stereocenters. The van der Waals surface area contributed by atoms with Crippen LogP contribution >= 0.6 is 0 Å². The molecule has 2 rings (SSSR count). The predicted molar refractivity (Wildman–Crippen MR) is 77.8 cm³/mol. The first-order chi connectivity index (χ1) is 9.36. The normalized spacial score (nSPS) is 18.1. The number of rotatable bonds is 7. The summed E-state index contributed by atoms with van der Waals surface area (Å²) in [6.45, 7) is 4.25. The van der Waals surface area contributed by atoms with Gasteiger partial charge in [-0.1, -0.05) is 19.1 Å². The van der Waals surface area contributed by atoms with Gasteiger partial charge in [0.05, 0.1) is 6.61 Å². The van der Waals surface area contributed by atoms with Crippen LogP contribution in [-0.4, -0.2) is 26.9 Å². The van der Waals surface area contributed by atoms with Crippen molar-refractivity contribution in [3.63, 3.8) is 0 Å². The zero-order chi connectivity index (χ0) is 13.5. The van der Waals surface area contributed by atoms with Crippen molar-refractivity contribution in [2.24, 2.45) is 0 Å². The molecule has 19 heavy (non-hydrogen) atoms. The van der Waals surface area contributed by atoms with E-state index in [-0.39, 0.29) is 0 Å². The minimum atomic E-state index is 0.476. The summed E-state index contributed by atoms with van der Waals surface area (Å²) in [7, 11) is 2.03. The Balaban J connectivity index is 1.97. The molecule has 1 N–H and O–H groups in total. The molecule has 0 aromatic heterocycles. The highest BCUT2D eigenvalue weighted by Crippen LogP contribution is 2.34. The SMILES string of the molecule is CCCOCCOc1cccc2c1CCCC2NC. The van der Waals surface area contributed by atoms with Crippen molar-refractivity contribution in [3.05, 3.63) is 29.3 Å². The molecule has 1 aromatic rings. The molecule has 0 bridgehead atoms. The average Bonchev–Trinajstić information content (AvgIpc) is 2.46. The average molecular weight is 263 g/mol. The van der Waals surface area contributed by atoms with E-state index in [4.69, 9.17) is 9.47 Å². The van der Waals surface area contributed by atoms with Gasteiger partial charge < -0.3 is 14.8 Å². The van der Waals surface area contributed by atoms with Gasteiger partial charge in [-0.25, -0.2) is 0 Å². The molecule has 0 amide bonds. The van der Waals surface area contributed by atoms with E-state index in [1.54, 1.807) is 0 Å². The van der Waals surface area contributed by atoms with Gasteiger partial charge in [-0.3, -0.25) is 0 Å². The Morgan fingerprint density at radius 2 is 2.16 bits per heavy atom. The number of benzene rings is 1. The van der Waals surface area contributed by atoms with Crippen LogP contribution in [0.5, 0.6) is 5.75 Å². The number of hydrogen-bond acceptors (Lipinski definition) is 3. The molecule has 0 spiro atoms. The van der Waals surface area contributed by atoms with Crippen molar-refractivity contribution in [2.75, 3.05) is 26.9 Å². The lowest BCUT2D eigenvalue weighted by molar-refractivity contribution is 0.100. The van der Waals surface area contributed by atoms with Crippen molar-refractivity contribution in [1.82, 2.24) is 5.32 Å². The zero-order valence-corrected chi connectivity index (χ0v) is 12.1. The van der Waals surface area contributed by atoms with Crippen LogP contribution in [0.3, 0.4) is 0 Å². The van der Waals surface area contributed by atoms with Gasteiger partial charge in [0.15, 0.2) is 0 Å². The molecular weight excluding hydrogens is 238 g/mol. The summed E-state index contributed by atoms with van der Waals surface area (Å²) in [5.74, 6) is 1.04. The first-order valence-electron chi connectivity index (χ1n) is 7.36. The highest BCUT2D eigenvalue weighted by molar-refractivity contribution is 5.43. The summed E-state index contributed by atoms with van der Waals surface area (Å²) < 4.78 is 11.3.